The van der Waals surface area contributed by atoms with Crippen LogP contribution < -0.4 is 4.74 Å². The van der Waals surface area contributed by atoms with Crippen LogP contribution in [0.2, 0.25) is 5.02 Å². The first kappa shape index (κ1) is 15.1. The zero-order chi connectivity index (χ0) is 16.4. The van der Waals surface area contributed by atoms with Crippen LogP contribution in [0.25, 0.3) is 16.9 Å². The summed E-state index contributed by atoms with van der Waals surface area (Å²) in [5, 5.41) is 14.1. The number of methoxy groups -OCH3 is 1. The van der Waals surface area contributed by atoms with Gasteiger partial charge in [-0.3, -0.25) is 0 Å². The largest absolute Gasteiger partial charge is 0.496 e. The number of ether oxygens (including phenoxy) is 1. The van der Waals surface area contributed by atoms with Gasteiger partial charge in [0.2, 0.25) is 0 Å². The van der Waals surface area contributed by atoms with E-state index in [1.165, 1.54) is 0 Å². The van der Waals surface area contributed by atoms with Gasteiger partial charge in [0.1, 0.15) is 11.8 Å². The number of para-hydroxylation sites is 1. The Balaban J connectivity index is 2.29. The molecule has 4 nitrogen and oxygen atoms in total. The van der Waals surface area contributed by atoms with E-state index in [2.05, 4.69) is 11.2 Å². The van der Waals surface area contributed by atoms with E-state index < -0.39 is 0 Å². The fourth-order valence-corrected chi connectivity index (χ4v) is 2.67. The molecular weight excluding hydrogens is 310 g/mol. The maximum atomic E-state index is 9.23. The maximum Gasteiger partial charge on any atom is 0.163 e. The van der Waals surface area contributed by atoms with Gasteiger partial charge < -0.3 is 4.74 Å². The molecule has 0 amide bonds. The van der Waals surface area contributed by atoms with Crippen molar-refractivity contribution in [2.75, 3.05) is 7.11 Å². The van der Waals surface area contributed by atoms with Crippen LogP contribution in [-0.4, -0.2) is 16.9 Å². The Morgan fingerprint density at radius 2 is 1.96 bits per heavy atom. The zero-order valence-electron chi connectivity index (χ0n) is 12.7. The van der Waals surface area contributed by atoms with Gasteiger partial charge in [0.05, 0.1) is 23.5 Å². The van der Waals surface area contributed by atoms with Crippen molar-refractivity contribution in [2.24, 2.45) is 0 Å². The molecule has 5 heteroatoms. The molecular formula is C18H14ClN3O. The van der Waals surface area contributed by atoms with Crippen LogP contribution in [0.15, 0.2) is 48.5 Å². The topological polar surface area (TPSA) is 50.8 Å². The van der Waals surface area contributed by atoms with Gasteiger partial charge in [0, 0.05) is 11.6 Å². The number of aryl methyl sites for hydroxylation is 1. The fraction of sp³-hybridized carbons (Fsp3) is 0.111. The Morgan fingerprint density at radius 3 is 2.65 bits per heavy atom. The smallest absolute Gasteiger partial charge is 0.163 e. The highest BCUT2D eigenvalue weighted by Crippen LogP contribution is 2.34. The number of nitrogens with zero attached hydrogens (tertiary/aromatic N) is 3. The lowest BCUT2D eigenvalue weighted by atomic mass is 10.1. The molecule has 0 saturated carbocycles. The van der Waals surface area contributed by atoms with Gasteiger partial charge in [0.15, 0.2) is 5.69 Å². The molecule has 1 heterocycles. The van der Waals surface area contributed by atoms with Crippen molar-refractivity contribution < 1.29 is 4.74 Å². The Bertz CT molecular complexity index is 909. The Labute approximate surface area is 139 Å². The number of hydrogen-bond donors (Lipinski definition) is 0. The Morgan fingerprint density at radius 1 is 1.17 bits per heavy atom. The molecule has 0 bridgehead atoms. The molecule has 3 rings (SSSR count). The molecule has 0 spiro atoms. The number of aromatic nitrogens is 2. The number of halogens is 1. The fourth-order valence-electron chi connectivity index (χ4n) is 2.46. The molecule has 0 unspecified atom stereocenters. The number of benzene rings is 2. The predicted octanol–water partition coefficient (Wildman–Crippen LogP) is 4.38. The molecule has 0 aliphatic heterocycles. The van der Waals surface area contributed by atoms with Gasteiger partial charge in [-0.25, -0.2) is 4.68 Å². The second-order valence-electron chi connectivity index (χ2n) is 5.09. The maximum absolute atomic E-state index is 9.23. The molecule has 0 N–H and O–H groups in total. The molecule has 1 aromatic heterocycles. The van der Waals surface area contributed by atoms with Crippen molar-refractivity contribution in [3.05, 3.63) is 64.8 Å². The third kappa shape index (κ3) is 2.79. The summed E-state index contributed by atoms with van der Waals surface area (Å²) < 4.78 is 7.14. The minimum absolute atomic E-state index is 0.323. The molecule has 0 aliphatic rings. The summed E-state index contributed by atoms with van der Waals surface area (Å²) in [6.07, 6.45) is 0. The summed E-state index contributed by atoms with van der Waals surface area (Å²) in [6, 6.07) is 17.1. The lowest BCUT2D eigenvalue weighted by molar-refractivity contribution is 0.416. The highest BCUT2D eigenvalue weighted by atomic mass is 35.5. The van der Waals surface area contributed by atoms with Crippen LogP contribution in [0.1, 0.15) is 11.3 Å². The van der Waals surface area contributed by atoms with Gasteiger partial charge in [-0.1, -0.05) is 35.4 Å². The average Bonchev–Trinajstić information content (AvgIpc) is 2.99. The summed E-state index contributed by atoms with van der Waals surface area (Å²) in [5.41, 5.74) is 3.75. The molecule has 2 aromatic carbocycles. The first-order valence-corrected chi connectivity index (χ1v) is 7.42. The number of hydrogen-bond acceptors (Lipinski definition) is 3. The monoisotopic (exact) mass is 323 g/mol. The molecule has 3 aromatic rings. The summed E-state index contributed by atoms with van der Waals surface area (Å²) in [6.45, 7) is 2.00. The summed E-state index contributed by atoms with van der Waals surface area (Å²) >= 11 is 6.30. The molecule has 114 valence electrons. The van der Waals surface area contributed by atoms with Crippen molar-refractivity contribution >= 4 is 11.6 Å². The molecule has 0 saturated heterocycles. The lowest BCUT2D eigenvalue weighted by Crippen LogP contribution is -2.01. The summed E-state index contributed by atoms with van der Waals surface area (Å²) in [4.78, 5) is 0. The zero-order valence-corrected chi connectivity index (χ0v) is 13.5. The van der Waals surface area contributed by atoms with Gasteiger partial charge in [-0.05, 0) is 31.2 Å². The van der Waals surface area contributed by atoms with Crippen LogP contribution >= 0.6 is 11.6 Å². The van der Waals surface area contributed by atoms with Crippen LogP contribution in [0.5, 0.6) is 5.75 Å². The van der Waals surface area contributed by atoms with E-state index in [0.29, 0.717) is 22.2 Å². The quantitative estimate of drug-likeness (QED) is 0.718. The van der Waals surface area contributed by atoms with E-state index in [1.54, 1.807) is 23.9 Å². The van der Waals surface area contributed by atoms with Crippen molar-refractivity contribution in [1.82, 2.24) is 9.78 Å². The lowest BCUT2D eigenvalue weighted by Gasteiger charge is -2.12. The van der Waals surface area contributed by atoms with Gasteiger partial charge in [0.25, 0.3) is 0 Å². The highest BCUT2D eigenvalue weighted by Gasteiger charge is 2.17. The molecule has 0 atom stereocenters. The van der Waals surface area contributed by atoms with Crippen molar-refractivity contribution in [1.29, 1.82) is 5.26 Å². The first-order chi connectivity index (χ1) is 11.1. The van der Waals surface area contributed by atoms with E-state index in [0.717, 1.165) is 16.8 Å². The third-order valence-corrected chi connectivity index (χ3v) is 3.86. The number of rotatable bonds is 3. The van der Waals surface area contributed by atoms with Crippen molar-refractivity contribution in [3.63, 3.8) is 0 Å². The van der Waals surface area contributed by atoms with E-state index in [9.17, 15) is 5.26 Å². The van der Waals surface area contributed by atoms with E-state index in [1.807, 2.05) is 43.3 Å². The van der Waals surface area contributed by atoms with Gasteiger partial charge in [-0.15, -0.1) is 0 Å². The minimum atomic E-state index is 0.323. The van der Waals surface area contributed by atoms with Gasteiger partial charge >= 0.3 is 0 Å². The van der Waals surface area contributed by atoms with Crippen LogP contribution in [0.3, 0.4) is 0 Å². The van der Waals surface area contributed by atoms with E-state index in [4.69, 9.17) is 16.3 Å². The van der Waals surface area contributed by atoms with E-state index in [-0.39, 0.29) is 0 Å². The van der Waals surface area contributed by atoms with Crippen molar-refractivity contribution in [3.8, 4) is 28.8 Å². The molecule has 0 fully saturated rings. The number of nitriles is 1. The highest BCUT2D eigenvalue weighted by molar-refractivity contribution is 6.32. The summed E-state index contributed by atoms with van der Waals surface area (Å²) in [7, 11) is 1.62. The normalized spacial score (nSPS) is 10.3. The second kappa shape index (κ2) is 6.15. The van der Waals surface area contributed by atoms with Crippen LogP contribution in [0.4, 0.5) is 0 Å². The standard InChI is InChI=1S/C18H14ClN3O/c1-12-7-8-18(23-2)14(9-12)17-10-13(11-20)21-22(17)16-6-4-3-5-15(16)19/h3-10H,1-2H3. The second-order valence-corrected chi connectivity index (χ2v) is 5.50. The minimum Gasteiger partial charge on any atom is -0.496 e. The van der Waals surface area contributed by atoms with E-state index >= 15 is 0 Å². The molecule has 0 radical (unpaired) electrons. The third-order valence-electron chi connectivity index (χ3n) is 3.54. The predicted molar refractivity (Wildman–Crippen MR) is 90.0 cm³/mol. The SMILES string of the molecule is COc1ccc(C)cc1-c1cc(C#N)nn1-c1ccccc1Cl. The first-order valence-electron chi connectivity index (χ1n) is 7.04. The molecule has 0 aliphatic carbocycles. The van der Waals surface area contributed by atoms with Gasteiger partial charge in [-0.2, -0.15) is 10.4 Å². The summed E-state index contributed by atoms with van der Waals surface area (Å²) in [5.74, 6) is 0.716. The Kier molecular flexibility index (Phi) is 4.05. The van der Waals surface area contributed by atoms with Crippen LogP contribution in [-0.2, 0) is 0 Å². The molecule has 23 heavy (non-hydrogen) atoms. The van der Waals surface area contributed by atoms with Crippen LogP contribution in [0, 0.1) is 18.3 Å². The average molecular weight is 324 g/mol. The Hall–Kier alpha value is -2.77. The van der Waals surface area contributed by atoms with Crippen molar-refractivity contribution in [2.45, 2.75) is 6.92 Å².